The third kappa shape index (κ3) is 4.94. The number of ether oxygens (including phenoxy) is 4. The van der Waals surface area contributed by atoms with Crippen LogP contribution in [0, 0.1) is 0 Å². The third-order valence-corrected chi connectivity index (χ3v) is 4.87. The summed E-state index contributed by atoms with van der Waals surface area (Å²) in [5, 5.41) is 0. The first-order valence-electron chi connectivity index (χ1n) is 9.78. The van der Waals surface area contributed by atoms with Gasteiger partial charge in [0.15, 0.2) is 12.3 Å². The van der Waals surface area contributed by atoms with Crippen molar-refractivity contribution in [3.63, 3.8) is 0 Å². The van der Waals surface area contributed by atoms with Gasteiger partial charge < -0.3 is 18.9 Å². The first kappa shape index (κ1) is 23.4. The summed E-state index contributed by atoms with van der Waals surface area (Å²) in [5.74, 6) is -1.65. The highest BCUT2D eigenvalue weighted by Crippen LogP contribution is 2.43. The van der Waals surface area contributed by atoms with E-state index in [1.807, 2.05) is 35.3 Å². The van der Waals surface area contributed by atoms with Gasteiger partial charge in [-0.3, -0.25) is 23.9 Å². The second kappa shape index (κ2) is 9.88. The summed E-state index contributed by atoms with van der Waals surface area (Å²) < 4.78 is 37.5. The number of nitrogens with one attached hydrogen (secondary N) is 1. The molecule has 4 atom stereocenters. The van der Waals surface area contributed by atoms with E-state index >= 15 is 0 Å². The van der Waals surface area contributed by atoms with Crippen LogP contribution in [0.3, 0.4) is 0 Å². The number of esters is 2. The summed E-state index contributed by atoms with van der Waals surface area (Å²) in [6, 6.07) is 10.2. The van der Waals surface area contributed by atoms with Gasteiger partial charge in [-0.2, -0.15) is 0 Å². The predicted octanol–water partition coefficient (Wildman–Crippen LogP) is 0.854. The van der Waals surface area contributed by atoms with Gasteiger partial charge in [0.2, 0.25) is 5.60 Å². The number of rotatable bonds is 8. The molecule has 172 valence electrons. The summed E-state index contributed by atoms with van der Waals surface area (Å²) >= 11 is 0. The van der Waals surface area contributed by atoms with Gasteiger partial charge in [0.25, 0.3) is 5.56 Å². The van der Waals surface area contributed by atoms with Crippen molar-refractivity contribution in [3.05, 3.63) is 69.0 Å². The van der Waals surface area contributed by atoms with Crippen LogP contribution >= 0.6 is 0 Å². The van der Waals surface area contributed by atoms with Crippen molar-refractivity contribution in [3.8, 4) is 0 Å². The summed E-state index contributed by atoms with van der Waals surface area (Å²) in [4.78, 5) is 49.5. The van der Waals surface area contributed by atoms with Crippen LogP contribution in [0.2, 0.25) is 0 Å². The van der Waals surface area contributed by atoms with Gasteiger partial charge in [-0.1, -0.05) is 30.3 Å². The Morgan fingerprint density at radius 3 is 2.47 bits per heavy atom. The summed E-state index contributed by atoms with van der Waals surface area (Å²) in [6.07, 6.45) is -2.96. The Hall–Kier alpha value is -3.31. The van der Waals surface area contributed by atoms with Gasteiger partial charge in [0, 0.05) is 26.1 Å². The predicted molar refractivity (Wildman–Crippen MR) is 107 cm³/mol. The smallest absolute Gasteiger partial charge is 0.330 e. The quantitative estimate of drug-likeness (QED) is 0.587. The molecule has 1 aromatic carbocycles. The van der Waals surface area contributed by atoms with E-state index in [2.05, 4.69) is 0 Å². The van der Waals surface area contributed by atoms with Crippen LogP contribution in [-0.4, -0.2) is 52.6 Å². The lowest BCUT2D eigenvalue weighted by molar-refractivity contribution is -0.193. The van der Waals surface area contributed by atoms with E-state index in [9.17, 15) is 23.6 Å². The number of hydrogen-bond acceptors (Lipinski definition) is 8. The van der Waals surface area contributed by atoms with Crippen LogP contribution in [0.15, 0.2) is 52.2 Å². The highest BCUT2D eigenvalue weighted by Gasteiger charge is 2.63. The monoisotopic (exact) mass is 450 g/mol. The van der Waals surface area contributed by atoms with E-state index in [1.165, 1.54) is 0 Å². The SMILES string of the molecule is CC(=O)O[C@H]1[C@@H](COCc2ccccc2)O[C@@H](n2ccc(=O)[nH]c2=O)C1(CF)OC(C)=O. The van der Waals surface area contributed by atoms with E-state index in [4.69, 9.17) is 18.9 Å². The molecular formula is C21H23FN2O8. The lowest BCUT2D eigenvalue weighted by Crippen LogP contribution is -2.55. The van der Waals surface area contributed by atoms with Crippen LogP contribution in [0.1, 0.15) is 25.6 Å². The molecule has 1 fully saturated rings. The number of H-pyrrole nitrogens is 1. The lowest BCUT2D eigenvalue weighted by Gasteiger charge is -2.35. The molecule has 1 aliphatic rings. The number of halogens is 1. The zero-order valence-corrected chi connectivity index (χ0v) is 17.5. The number of carbonyl (C=O) groups is 2. The molecule has 10 nitrogen and oxygen atoms in total. The van der Waals surface area contributed by atoms with Crippen molar-refractivity contribution in [2.24, 2.45) is 0 Å². The van der Waals surface area contributed by atoms with Crippen LogP contribution in [0.5, 0.6) is 0 Å². The van der Waals surface area contributed by atoms with Crippen molar-refractivity contribution in [1.82, 2.24) is 9.55 Å². The number of hydrogen-bond donors (Lipinski definition) is 1. The largest absolute Gasteiger partial charge is 0.455 e. The lowest BCUT2D eigenvalue weighted by atomic mass is 9.94. The number of aromatic amines is 1. The van der Waals surface area contributed by atoms with Crippen molar-refractivity contribution in [2.45, 2.75) is 44.5 Å². The van der Waals surface area contributed by atoms with Gasteiger partial charge in [-0.25, -0.2) is 9.18 Å². The molecule has 0 bridgehead atoms. The van der Waals surface area contributed by atoms with Crippen molar-refractivity contribution >= 4 is 11.9 Å². The zero-order valence-electron chi connectivity index (χ0n) is 17.5. The topological polar surface area (TPSA) is 126 Å². The number of aromatic nitrogens is 2. The molecule has 2 heterocycles. The maximum Gasteiger partial charge on any atom is 0.330 e. The Kier molecular flexibility index (Phi) is 7.21. The van der Waals surface area contributed by atoms with E-state index in [0.717, 1.165) is 36.2 Å². The summed E-state index contributed by atoms with van der Waals surface area (Å²) in [5.41, 5.74) is -2.91. The second-order valence-corrected chi connectivity index (χ2v) is 7.26. The number of nitrogens with zero attached hydrogens (tertiary/aromatic N) is 1. The Balaban J connectivity index is 1.97. The van der Waals surface area contributed by atoms with Gasteiger partial charge >= 0.3 is 17.6 Å². The normalized spacial score (nSPS) is 24.8. The van der Waals surface area contributed by atoms with Crippen molar-refractivity contribution in [2.75, 3.05) is 13.3 Å². The maximum atomic E-state index is 14.5. The molecule has 1 saturated heterocycles. The number of benzene rings is 1. The van der Waals surface area contributed by atoms with Crippen molar-refractivity contribution < 1.29 is 32.9 Å². The van der Waals surface area contributed by atoms with Gasteiger partial charge in [0.1, 0.15) is 12.8 Å². The standard InChI is InChI=1S/C21H23FN2O8/c1-13(25)30-18-16(11-29-10-15-6-4-3-5-7-15)31-19(21(18,12-22)32-14(2)26)24-9-8-17(27)23-20(24)28/h3-9,16,18-19H,10-12H2,1-2H3,(H,23,27,28)/t16-,18+,19-,21?/m1/s1. The molecule has 1 aliphatic heterocycles. The van der Waals surface area contributed by atoms with E-state index < -0.39 is 53.9 Å². The molecule has 11 heteroatoms. The van der Waals surface area contributed by atoms with Crippen LogP contribution in [0.25, 0.3) is 0 Å². The molecule has 0 aliphatic carbocycles. The summed E-state index contributed by atoms with van der Waals surface area (Å²) in [7, 11) is 0. The minimum atomic E-state index is -2.18. The van der Waals surface area contributed by atoms with E-state index in [-0.39, 0.29) is 13.2 Å². The van der Waals surface area contributed by atoms with Gasteiger partial charge in [-0.15, -0.1) is 0 Å². The molecule has 1 N–H and O–H groups in total. The Bertz CT molecular complexity index is 1070. The Morgan fingerprint density at radius 2 is 1.88 bits per heavy atom. The average Bonchev–Trinajstić information content (AvgIpc) is 3.01. The van der Waals surface area contributed by atoms with Crippen LogP contribution in [-0.2, 0) is 35.1 Å². The molecule has 0 radical (unpaired) electrons. The number of carbonyl (C=O) groups excluding carboxylic acids is 2. The Morgan fingerprint density at radius 1 is 1.16 bits per heavy atom. The fraction of sp³-hybridized carbons (Fsp3) is 0.429. The first-order chi connectivity index (χ1) is 15.3. The average molecular weight is 450 g/mol. The molecule has 3 rings (SSSR count). The molecular weight excluding hydrogens is 427 g/mol. The molecule has 2 aromatic rings. The second-order valence-electron chi connectivity index (χ2n) is 7.26. The van der Waals surface area contributed by atoms with Gasteiger partial charge in [0.05, 0.1) is 13.2 Å². The zero-order chi connectivity index (χ0) is 23.3. The maximum absolute atomic E-state index is 14.5. The molecule has 0 spiro atoms. The van der Waals surface area contributed by atoms with Gasteiger partial charge in [-0.05, 0) is 5.56 Å². The van der Waals surface area contributed by atoms with Crippen LogP contribution < -0.4 is 11.2 Å². The van der Waals surface area contributed by atoms with E-state index in [0.29, 0.717) is 0 Å². The molecule has 0 amide bonds. The summed E-state index contributed by atoms with van der Waals surface area (Å²) in [6.45, 7) is 0.847. The highest BCUT2D eigenvalue weighted by atomic mass is 19.1. The van der Waals surface area contributed by atoms with Crippen LogP contribution in [0.4, 0.5) is 4.39 Å². The first-order valence-corrected chi connectivity index (χ1v) is 9.78. The van der Waals surface area contributed by atoms with E-state index in [1.54, 1.807) is 0 Å². The van der Waals surface area contributed by atoms with Crippen molar-refractivity contribution in [1.29, 1.82) is 0 Å². The molecule has 32 heavy (non-hydrogen) atoms. The highest BCUT2D eigenvalue weighted by molar-refractivity contribution is 5.68. The molecule has 0 saturated carbocycles. The fourth-order valence-electron chi connectivity index (χ4n) is 3.61. The Labute approximate surface area is 181 Å². The number of alkyl halides is 1. The third-order valence-electron chi connectivity index (χ3n) is 4.87. The minimum Gasteiger partial charge on any atom is -0.455 e. The molecule has 1 unspecified atom stereocenters. The fourth-order valence-corrected chi connectivity index (χ4v) is 3.61. The molecule has 1 aromatic heterocycles. The minimum absolute atomic E-state index is 0.162.